The van der Waals surface area contributed by atoms with Gasteiger partial charge < -0.3 is 9.84 Å². The third kappa shape index (κ3) is 3.82. The van der Waals surface area contributed by atoms with Crippen molar-refractivity contribution in [3.63, 3.8) is 0 Å². The van der Waals surface area contributed by atoms with Gasteiger partial charge in [0, 0.05) is 13.1 Å². The summed E-state index contributed by atoms with van der Waals surface area (Å²) in [6, 6.07) is 1.56. The van der Waals surface area contributed by atoms with Gasteiger partial charge in [0.05, 0.1) is 17.5 Å². The van der Waals surface area contributed by atoms with Gasteiger partial charge in [-0.05, 0) is 37.8 Å². The topological polar surface area (TPSA) is 83.9 Å². The molecule has 8 heteroatoms. The lowest BCUT2D eigenvalue weighted by molar-refractivity contribution is -0.109. The van der Waals surface area contributed by atoms with Crippen LogP contribution in [0.4, 0.5) is 0 Å². The Kier molecular flexibility index (Phi) is 4.44. The van der Waals surface area contributed by atoms with Crippen LogP contribution in [0.25, 0.3) is 0 Å². The molecule has 1 aromatic rings. The molecule has 0 unspecified atom stereocenters. The van der Waals surface area contributed by atoms with Crippen molar-refractivity contribution in [1.29, 1.82) is 0 Å². The van der Waals surface area contributed by atoms with Crippen molar-refractivity contribution in [1.82, 2.24) is 4.31 Å². The first-order chi connectivity index (χ1) is 9.61. The summed E-state index contributed by atoms with van der Waals surface area (Å²) in [6.45, 7) is 6.08. The van der Waals surface area contributed by atoms with Crippen molar-refractivity contribution in [3.8, 4) is 0 Å². The minimum atomic E-state index is -3.57. The predicted molar refractivity (Wildman–Crippen MR) is 80.1 cm³/mol. The zero-order chi connectivity index (χ0) is 15.8. The van der Waals surface area contributed by atoms with Gasteiger partial charge in [-0.3, -0.25) is 0 Å². The molecule has 0 radical (unpaired) electrons. The molecule has 0 aromatic carbocycles. The zero-order valence-electron chi connectivity index (χ0n) is 12.2. The van der Waals surface area contributed by atoms with E-state index in [0.29, 0.717) is 5.56 Å². The minimum Gasteiger partial charge on any atom is -0.477 e. The van der Waals surface area contributed by atoms with Gasteiger partial charge in [-0.1, -0.05) is 0 Å². The number of aromatic carboxylic acids is 1. The number of morpholine rings is 1. The van der Waals surface area contributed by atoms with E-state index in [1.807, 2.05) is 20.8 Å². The van der Waals surface area contributed by atoms with Crippen LogP contribution >= 0.6 is 11.3 Å². The number of carboxylic acid groups (broad SMARTS) is 1. The lowest BCUT2D eigenvalue weighted by Gasteiger charge is -2.40. The van der Waals surface area contributed by atoms with Crippen molar-refractivity contribution < 1.29 is 23.1 Å². The van der Waals surface area contributed by atoms with E-state index in [1.54, 1.807) is 11.4 Å². The Bertz CT molecular complexity index is 635. The van der Waals surface area contributed by atoms with Crippen molar-refractivity contribution in [2.45, 2.75) is 38.2 Å². The molecule has 1 fully saturated rings. The summed E-state index contributed by atoms with van der Waals surface area (Å²) < 4.78 is 32.2. The summed E-state index contributed by atoms with van der Waals surface area (Å²) in [4.78, 5) is 11.2. The molecule has 1 saturated heterocycles. The van der Waals surface area contributed by atoms with Crippen molar-refractivity contribution in [2.75, 3.05) is 13.1 Å². The van der Waals surface area contributed by atoms with Crippen LogP contribution < -0.4 is 0 Å². The highest BCUT2D eigenvalue weighted by Gasteiger charge is 2.37. The van der Waals surface area contributed by atoms with Crippen LogP contribution in [0.1, 0.15) is 36.0 Å². The van der Waals surface area contributed by atoms with Crippen molar-refractivity contribution in [2.24, 2.45) is 0 Å². The first kappa shape index (κ1) is 16.4. The quantitative estimate of drug-likeness (QED) is 0.908. The molecule has 0 saturated carbocycles. The van der Waals surface area contributed by atoms with Crippen LogP contribution in [-0.2, 0) is 20.5 Å². The third-order valence-electron chi connectivity index (χ3n) is 3.21. The van der Waals surface area contributed by atoms with E-state index in [9.17, 15) is 13.2 Å². The number of sulfonamides is 1. The highest BCUT2D eigenvalue weighted by Crippen LogP contribution is 2.26. The maximum atomic E-state index is 12.5. The van der Waals surface area contributed by atoms with Gasteiger partial charge in [0.1, 0.15) is 4.88 Å². The Hall–Kier alpha value is -0.960. The number of nitrogens with zero attached hydrogens (tertiary/aromatic N) is 1. The number of hydrogen-bond acceptors (Lipinski definition) is 5. The monoisotopic (exact) mass is 333 g/mol. The number of rotatable bonds is 4. The fraction of sp³-hybridized carbons (Fsp3) is 0.615. The maximum Gasteiger partial charge on any atom is 0.346 e. The summed E-state index contributed by atoms with van der Waals surface area (Å²) in [6.07, 6.45) is -0.190. The molecule has 1 aliphatic rings. The molecule has 0 aliphatic carbocycles. The van der Waals surface area contributed by atoms with Crippen LogP contribution in [0, 0.1) is 0 Å². The molecule has 2 rings (SSSR count). The van der Waals surface area contributed by atoms with Gasteiger partial charge in [0.15, 0.2) is 0 Å². The lowest BCUT2D eigenvalue weighted by atomic mass is 10.1. The highest BCUT2D eigenvalue weighted by atomic mass is 32.2. The fourth-order valence-electron chi connectivity index (χ4n) is 2.53. The molecular weight excluding hydrogens is 314 g/mol. The Morgan fingerprint density at radius 1 is 1.57 bits per heavy atom. The molecule has 0 bridgehead atoms. The Morgan fingerprint density at radius 3 is 2.81 bits per heavy atom. The van der Waals surface area contributed by atoms with Gasteiger partial charge in [-0.2, -0.15) is 4.31 Å². The normalized spacial score (nSPS) is 23.1. The standard InChI is InChI=1S/C13H19NO5S2/c1-9-6-14(8-13(2,3)19-9)21(17,18)7-10-4-5-20-11(10)12(15)16/h4-5,9H,6-8H2,1-3H3,(H,15,16)/t9-/m0/s1. The minimum absolute atomic E-state index is 0.0825. The SMILES string of the molecule is C[C@H]1CN(S(=O)(=O)Cc2ccsc2C(=O)O)CC(C)(C)O1. The van der Waals surface area contributed by atoms with E-state index in [-0.39, 0.29) is 29.8 Å². The van der Waals surface area contributed by atoms with Gasteiger partial charge in [-0.15, -0.1) is 11.3 Å². The second-order valence-corrected chi connectivity index (χ2v) is 8.70. The average Bonchev–Trinajstić information content (AvgIpc) is 2.73. The Balaban J connectivity index is 2.22. The van der Waals surface area contributed by atoms with Gasteiger partial charge >= 0.3 is 5.97 Å². The average molecular weight is 333 g/mol. The summed E-state index contributed by atoms with van der Waals surface area (Å²) >= 11 is 1.04. The third-order valence-corrected chi connectivity index (χ3v) is 5.90. The predicted octanol–water partition coefficient (Wildman–Crippen LogP) is 1.78. The van der Waals surface area contributed by atoms with Crippen LogP contribution in [0.5, 0.6) is 0 Å². The van der Waals surface area contributed by atoms with Gasteiger partial charge in [-0.25, -0.2) is 13.2 Å². The number of carboxylic acids is 1. The largest absolute Gasteiger partial charge is 0.477 e. The molecule has 1 N–H and O–H groups in total. The summed E-state index contributed by atoms with van der Waals surface area (Å²) in [7, 11) is -3.57. The van der Waals surface area contributed by atoms with Crippen LogP contribution in [0.3, 0.4) is 0 Å². The lowest BCUT2D eigenvalue weighted by Crippen LogP contribution is -2.53. The van der Waals surface area contributed by atoms with E-state index >= 15 is 0 Å². The Labute approximate surface area is 128 Å². The highest BCUT2D eigenvalue weighted by molar-refractivity contribution is 7.88. The van der Waals surface area contributed by atoms with E-state index in [2.05, 4.69) is 0 Å². The van der Waals surface area contributed by atoms with E-state index in [4.69, 9.17) is 9.84 Å². The van der Waals surface area contributed by atoms with E-state index in [0.717, 1.165) is 11.3 Å². The number of ether oxygens (including phenoxy) is 1. The van der Waals surface area contributed by atoms with Gasteiger partial charge in [0.25, 0.3) is 0 Å². The second kappa shape index (κ2) is 5.68. The first-order valence-electron chi connectivity index (χ1n) is 6.56. The number of thiophene rings is 1. The van der Waals surface area contributed by atoms with Crippen LogP contribution in [-0.4, -0.2) is 48.6 Å². The molecule has 0 amide bonds. The van der Waals surface area contributed by atoms with Crippen molar-refractivity contribution in [3.05, 3.63) is 21.9 Å². The molecule has 2 heterocycles. The molecule has 1 aliphatic heterocycles. The van der Waals surface area contributed by atoms with Crippen LogP contribution in [0.15, 0.2) is 11.4 Å². The Morgan fingerprint density at radius 2 is 2.24 bits per heavy atom. The molecule has 6 nitrogen and oxygen atoms in total. The van der Waals surface area contributed by atoms with E-state index in [1.165, 1.54) is 4.31 Å². The summed E-state index contributed by atoms with van der Waals surface area (Å²) in [5.74, 6) is -1.38. The van der Waals surface area contributed by atoms with Crippen molar-refractivity contribution >= 4 is 27.3 Å². The zero-order valence-corrected chi connectivity index (χ0v) is 13.8. The summed E-state index contributed by atoms with van der Waals surface area (Å²) in [5, 5.41) is 10.7. The van der Waals surface area contributed by atoms with E-state index < -0.39 is 21.6 Å². The molecule has 21 heavy (non-hydrogen) atoms. The van der Waals surface area contributed by atoms with Crippen LogP contribution in [0.2, 0.25) is 0 Å². The smallest absolute Gasteiger partial charge is 0.346 e. The fourth-order valence-corrected chi connectivity index (χ4v) is 5.14. The number of carbonyl (C=O) groups is 1. The molecular formula is C13H19NO5S2. The molecule has 0 spiro atoms. The molecule has 1 aromatic heterocycles. The second-order valence-electron chi connectivity index (χ2n) is 5.82. The summed E-state index contributed by atoms with van der Waals surface area (Å²) in [5.41, 5.74) is -0.209. The number of hydrogen-bond donors (Lipinski definition) is 1. The molecule has 118 valence electrons. The van der Waals surface area contributed by atoms with Gasteiger partial charge in [0.2, 0.25) is 10.0 Å². The molecule has 1 atom stereocenters. The first-order valence-corrected chi connectivity index (χ1v) is 9.05. The maximum absolute atomic E-state index is 12.5.